The van der Waals surface area contributed by atoms with E-state index in [0.717, 1.165) is 40.1 Å². The zero-order valence-electron chi connectivity index (χ0n) is 19.4. The van der Waals surface area contributed by atoms with E-state index in [1.807, 2.05) is 56.3 Å². The highest BCUT2D eigenvalue weighted by molar-refractivity contribution is 6.08. The van der Waals surface area contributed by atoms with Gasteiger partial charge in [-0.05, 0) is 42.9 Å². The van der Waals surface area contributed by atoms with E-state index < -0.39 is 0 Å². The number of hydrogen-bond donors (Lipinski definition) is 2. The molecule has 2 aromatic carbocycles. The SMILES string of the molecule is Cc1cccc([C@H]2C3=C(CC(C)(C)CC3=O)Nc3c(C(=O)Nc4ccccc4C)cnn32)c1. The molecule has 0 saturated carbocycles. The molecular weight excluding hydrogens is 412 g/mol. The molecule has 1 atom stereocenters. The van der Waals surface area contributed by atoms with E-state index in [-0.39, 0.29) is 23.1 Å². The Balaban J connectivity index is 1.61. The monoisotopic (exact) mass is 440 g/mol. The van der Waals surface area contributed by atoms with Crippen LogP contribution in [0, 0.1) is 19.3 Å². The Hall–Kier alpha value is -3.67. The summed E-state index contributed by atoms with van der Waals surface area (Å²) in [7, 11) is 0. The van der Waals surface area contributed by atoms with Gasteiger partial charge in [0.15, 0.2) is 5.78 Å². The van der Waals surface area contributed by atoms with Crippen molar-refractivity contribution in [3.8, 4) is 0 Å². The van der Waals surface area contributed by atoms with Gasteiger partial charge in [-0.15, -0.1) is 0 Å². The van der Waals surface area contributed by atoms with Gasteiger partial charge in [-0.2, -0.15) is 5.10 Å². The van der Waals surface area contributed by atoms with Crippen molar-refractivity contribution < 1.29 is 9.59 Å². The molecule has 6 nitrogen and oxygen atoms in total. The van der Waals surface area contributed by atoms with Crippen LogP contribution in [0.5, 0.6) is 0 Å². The first-order valence-corrected chi connectivity index (χ1v) is 11.3. The lowest BCUT2D eigenvalue weighted by Gasteiger charge is -2.39. The van der Waals surface area contributed by atoms with Gasteiger partial charge >= 0.3 is 0 Å². The number of carbonyl (C=O) groups excluding carboxylic acids is 2. The number of aryl methyl sites for hydroxylation is 2. The maximum atomic E-state index is 13.3. The molecule has 0 radical (unpaired) electrons. The van der Waals surface area contributed by atoms with Crippen molar-refractivity contribution in [3.63, 3.8) is 0 Å². The van der Waals surface area contributed by atoms with E-state index in [1.165, 1.54) is 0 Å². The summed E-state index contributed by atoms with van der Waals surface area (Å²) < 4.78 is 1.79. The molecule has 1 amide bonds. The first-order valence-electron chi connectivity index (χ1n) is 11.3. The van der Waals surface area contributed by atoms with Crippen LogP contribution in [0.1, 0.15) is 59.8 Å². The number of Topliss-reactive ketones (excluding diaryl/α,β-unsaturated/α-hetero) is 1. The molecule has 0 fully saturated rings. The van der Waals surface area contributed by atoms with Crippen molar-refractivity contribution in [2.24, 2.45) is 5.41 Å². The number of hydrogen-bond acceptors (Lipinski definition) is 4. The number of anilines is 2. The molecule has 3 aromatic rings. The maximum absolute atomic E-state index is 13.3. The minimum absolute atomic E-state index is 0.132. The van der Waals surface area contributed by atoms with E-state index in [9.17, 15) is 9.59 Å². The molecule has 33 heavy (non-hydrogen) atoms. The van der Waals surface area contributed by atoms with E-state index in [0.29, 0.717) is 17.8 Å². The largest absolute Gasteiger partial charge is 0.343 e. The Labute approximate surface area is 193 Å². The lowest BCUT2D eigenvalue weighted by molar-refractivity contribution is -0.118. The van der Waals surface area contributed by atoms with E-state index >= 15 is 0 Å². The number of allylic oxidation sites excluding steroid dienone is 2. The van der Waals surface area contributed by atoms with Crippen molar-refractivity contribution in [2.45, 2.75) is 46.6 Å². The zero-order valence-corrected chi connectivity index (χ0v) is 19.4. The van der Waals surface area contributed by atoms with Crippen molar-refractivity contribution in [3.05, 3.63) is 88.3 Å². The number of nitrogens with zero attached hydrogens (tertiary/aromatic N) is 2. The summed E-state index contributed by atoms with van der Waals surface area (Å²) in [5.41, 5.74) is 5.81. The second-order valence-electron chi connectivity index (χ2n) is 9.90. The van der Waals surface area contributed by atoms with Gasteiger partial charge in [0, 0.05) is 23.4 Å². The number of benzene rings is 2. The predicted molar refractivity (Wildman–Crippen MR) is 129 cm³/mol. The molecule has 1 aliphatic carbocycles. The summed E-state index contributed by atoms with van der Waals surface area (Å²) in [4.78, 5) is 26.6. The van der Waals surface area contributed by atoms with Gasteiger partial charge in [-0.25, -0.2) is 4.68 Å². The highest BCUT2D eigenvalue weighted by Crippen LogP contribution is 2.46. The van der Waals surface area contributed by atoms with Crippen molar-refractivity contribution in [2.75, 3.05) is 10.6 Å². The van der Waals surface area contributed by atoms with Crippen molar-refractivity contribution in [1.82, 2.24) is 9.78 Å². The van der Waals surface area contributed by atoms with Crippen molar-refractivity contribution in [1.29, 1.82) is 0 Å². The maximum Gasteiger partial charge on any atom is 0.261 e. The number of rotatable bonds is 3. The molecular formula is C27H28N4O2. The van der Waals surface area contributed by atoms with Gasteiger partial charge in [0.25, 0.3) is 5.91 Å². The molecule has 5 rings (SSSR count). The molecule has 0 unspecified atom stereocenters. The highest BCUT2D eigenvalue weighted by atomic mass is 16.1. The third-order valence-corrected chi connectivity index (χ3v) is 6.50. The molecule has 0 saturated heterocycles. The minimum Gasteiger partial charge on any atom is -0.343 e. The smallest absolute Gasteiger partial charge is 0.261 e. The average molecular weight is 441 g/mol. The highest BCUT2D eigenvalue weighted by Gasteiger charge is 2.42. The summed E-state index contributed by atoms with van der Waals surface area (Å²) in [6.07, 6.45) is 2.82. The van der Waals surface area contributed by atoms with Crippen LogP contribution >= 0.6 is 0 Å². The predicted octanol–water partition coefficient (Wildman–Crippen LogP) is 5.41. The summed E-state index contributed by atoms with van der Waals surface area (Å²) in [5.74, 6) is 0.524. The topological polar surface area (TPSA) is 76.0 Å². The van der Waals surface area contributed by atoms with Gasteiger partial charge in [0.2, 0.25) is 0 Å². The Morgan fingerprint density at radius 1 is 1.12 bits per heavy atom. The third kappa shape index (κ3) is 3.75. The van der Waals surface area contributed by atoms with Crippen LogP contribution in [0.15, 0.2) is 66.0 Å². The fourth-order valence-corrected chi connectivity index (χ4v) is 4.93. The van der Waals surface area contributed by atoms with Crippen LogP contribution in [0.2, 0.25) is 0 Å². The number of fused-ring (bicyclic) bond motifs is 1. The van der Waals surface area contributed by atoms with Crippen LogP contribution in [0.25, 0.3) is 0 Å². The number of ketones is 1. The molecule has 6 heteroatoms. The second-order valence-corrected chi connectivity index (χ2v) is 9.90. The van der Waals surface area contributed by atoms with E-state index in [2.05, 4.69) is 35.6 Å². The Kier molecular flexibility index (Phi) is 4.96. The van der Waals surface area contributed by atoms with Gasteiger partial charge < -0.3 is 10.6 Å². The second kappa shape index (κ2) is 7.73. The average Bonchev–Trinajstić information content (AvgIpc) is 3.16. The number of amides is 1. The lowest BCUT2D eigenvalue weighted by Crippen LogP contribution is -2.37. The number of para-hydroxylation sites is 1. The number of aromatic nitrogens is 2. The summed E-state index contributed by atoms with van der Waals surface area (Å²) >= 11 is 0. The summed E-state index contributed by atoms with van der Waals surface area (Å²) in [6.45, 7) is 8.21. The fraction of sp³-hybridized carbons (Fsp3) is 0.296. The molecule has 1 aliphatic heterocycles. The molecule has 0 spiro atoms. The quantitative estimate of drug-likeness (QED) is 0.571. The third-order valence-electron chi connectivity index (χ3n) is 6.50. The first kappa shape index (κ1) is 21.2. The first-order chi connectivity index (χ1) is 15.7. The molecule has 1 aromatic heterocycles. The van der Waals surface area contributed by atoms with Crippen molar-refractivity contribution >= 4 is 23.2 Å². The summed E-state index contributed by atoms with van der Waals surface area (Å²) in [5, 5.41) is 11.0. The van der Waals surface area contributed by atoms with Gasteiger partial charge in [-0.3, -0.25) is 9.59 Å². The standard InChI is InChI=1S/C27H28N4O2/c1-16-8-7-10-18(12-16)24-23-21(13-27(3,4)14-22(23)32)29-25-19(15-28-31(24)25)26(33)30-20-11-6-5-9-17(20)2/h5-12,15,24,29H,13-14H2,1-4H3,(H,30,33)/t24-/m0/s1. The van der Waals surface area contributed by atoms with Crippen LogP contribution in [-0.4, -0.2) is 21.5 Å². The van der Waals surface area contributed by atoms with Crippen LogP contribution in [0.4, 0.5) is 11.5 Å². The zero-order chi connectivity index (χ0) is 23.3. The molecule has 0 bridgehead atoms. The normalized spacial score (nSPS) is 18.9. The van der Waals surface area contributed by atoms with Gasteiger partial charge in [0.05, 0.1) is 6.20 Å². The van der Waals surface area contributed by atoms with Gasteiger partial charge in [0.1, 0.15) is 17.4 Å². The Morgan fingerprint density at radius 3 is 2.67 bits per heavy atom. The lowest BCUT2D eigenvalue weighted by atomic mass is 9.73. The van der Waals surface area contributed by atoms with Gasteiger partial charge in [-0.1, -0.05) is 61.9 Å². The Morgan fingerprint density at radius 2 is 1.91 bits per heavy atom. The van der Waals surface area contributed by atoms with E-state index in [4.69, 9.17) is 0 Å². The van der Waals surface area contributed by atoms with Crippen LogP contribution in [-0.2, 0) is 4.79 Å². The van der Waals surface area contributed by atoms with Crippen LogP contribution in [0.3, 0.4) is 0 Å². The Bertz CT molecular complexity index is 1320. The molecule has 2 aliphatic rings. The fourth-order valence-electron chi connectivity index (χ4n) is 4.93. The number of nitrogens with one attached hydrogen (secondary N) is 2. The molecule has 2 N–H and O–H groups in total. The molecule has 168 valence electrons. The van der Waals surface area contributed by atoms with Crippen LogP contribution < -0.4 is 10.6 Å². The summed E-state index contributed by atoms with van der Waals surface area (Å²) in [6, 6.07) is 15.5. The minimum atomic E-state index is -0.361. The molecule has 2 heterocycles. The van der Waals surface area contributed by atoms with E-state index in [1.54, 1.807) is 10.9 Å². The number of carbonyl (C=O) groups is 2.